The van der Waals surface area contributed by atoms with Crippen molar-refractivity contribution in [3.63, 3.8) is 0 Å². The average molecular weight is 407 g/mol. The maximum atomic E-state index is 13.8. The Hall–Kier alpha value is -3.41. The summed E-state index contributed by atoms with van der Waals surface area (Å²) in [4.78, 5) is 15.9. The van der Waals surface area contributed by atoms with Gasteiger partial charge in [-0.05, 0) is 60.7 Å². The van der Waals surface area contributed by atoms with Crippen molar-refractivity contribution in [1.29, 1.82) is 0 Å². The summed E-state index contributed by atoms with van der Waals surface area (Å²) in [6, 6.07) is 13.9. The van der Waals surface area contributed by atoms with Gasteiger partial charge in [-0.25, -0.2) is 9.37 Å². The highest BCUT2D eigenvalue weighted by molar-refractivity contribution is 5.74. The summed E-state index contributed by atoms with van der Waals surface area (Å²) in [6.45, 7) is 2.61. The van der Waals surface area contributed by atoms with Gasteiger partial charge >= 0.3 is 5.97 Å². The van der Waals surface area contributed by atoms with Gasteiger partial charge in [-0.3, -0.25) is 4.79 Å². The number of pyridine rings is 1. The zero-order chi connectivity index (χ0) is 21.1. The number of hydrogen-bond donors (Lipinski definition) is 1. The number of carboxylic acids is 1. The van der Waals surface area contributed by atoms with E-state index >= 15 is 0 Å². The summed E-state index contributed by atoms with van der Waals surface area (Å²) in [7, 11) is 0. The number of halogens is 1. The Morgan fingerprint density at radius 2 is 2.00 bits per heavy atom. The highest BCUT2D eigenvalue weighted by atomic mass is 19.1. The fourth-order valence-corrected chi connectivity index (χ4v) is 3.67. The van der Waals surface area contributed by atoms with Crippen LogP contribution in [0.2, 0.25) is 0 Å². The van der Waals surface area contributed by atoms with Gasteiger partial charge in [0, 0.05) is 17.2 Å². The fourth-order valence-electron chi connectivity index (χ4n) is 3.67. The second-order valence-electron chi connectivity index (χ2n) is 7.36. The van der Waals surface area contributed by atoms with Crippen LogP contribution in [-0.2, 0) is 24.2 Å². The topological polar surface area (TPSA) is 68.7 Å². The normalized spacial score (nSPS) is 13.4. The summed E-state index contributed by atoms with van der Waals surface area (Å²) in [5, 5.41) is 9.27. The number of aliphatic carboxylic acids is 1. The Morgan fingerprint density at radius 1 is 1.13 bits per heavy atom. The van der Waals surface area contributed by atoms with E-state index in [0.717, 1.165) is 22.3 Å². The largest absolute Gasteiger partial charge is 0.493 e. The monoisotopic (exact) mass is 407 g/mol. The zero-order valence-corrected chi connectivity index (χ0v) is 16.7. The lowest BCUT2D eigenvalue weighted by Gasteiger charge is -2.17. The fraction of sp³-hybridized carbons (Fsp3) is 0.250. The molecule has 5 nitrogen and oxygen atoms in total. The van der Waals surface area contributed by atoms with E-state index in [1.165, 1.54) is 12.1 Å². The molecule has 0 aliphatic carbocycles. The predicted octanol–water partition coefficient (Wildman–Crippen LogP) is 4.73. The molecule has 3 aromatic rings. The van der Waals surface area contributed by atoms with E-state index in [4.69, 9.17) is 9.47 Å². The molecule has 1 aliphatic heterocycles. The van der Waals surface area contributed by atoms with Crippen molar-refractivity contribution in [2.45, 2.75) is 32.8 Å². The lowest BCUT2D eigenvalue weighted by molar-refractivity contribution is -0.136. The highest BCUT2D eigenvalue weighted by Crippen LogP contribution is 2.32. The van der Waals surface area contributed by atoms with Gasteiger partial charge in [-0.2, -0.15) is 0 Å². The second-order valence-corrected chi connectivity index (χ2v) is 7.36. The molecule has 0 saturated heterocycles. The summed E-state index contributed by atoms with van der Waals surface area (Å²) < 4.78 is 25.6. The molecule has 0 unspecified atom stereocenters. The van der Waals surface area contributed by atoms with E-state index in [-0.39, 0.29) is 12.2 Å². The first kappa shape index (κ1) is 19.9. The van der Waals surface area contributed by atoms with Gasteiger partial charge in [0.1, 0.15) is 18.2 Å². The molecule has 0 atom stereocenters. The molecule has 0 saturated carbocycles. The Labute approximate surface area is 174 Å². The quantitative estimate of drug-likeness (QED) is 0.665. The number of fused-ring (bicyclic) bond motifs is 6. The molecule has 1 aliphatic rings. The van der Waals surface area contributed by atoms with Crippen LogP contribution in [0.15, 0.2) is 48.5 Å². The first-order valence-electron chi connectivity index (χ1n) is 9.85. The molecule has 0 spiro atoms. The minimum absolute atomic E-state index is 0.124. The molecule has 2 aromatic carbocycles. The van der Waals surface area contributed by atoms with Crippen molar-refractivity contribution >= 4 is 5.97 Å². The first-order chi connectivity index (χ1) is 14.5. The number of nitrogens with zero attached hydrogens (tertiary/aromatic N) is 1. The molecule has 4 bridgehead atoms. The van der Waals surface area contributed by atoms with Crippen LogP contribution < -0.4 is 9.47 Å². The lowest BCUT2D eigenvalue weighted by Crippen LogP contribution is -2.09. The molecule has 0 fully saturated rings. The minimum atomic E-state index is -0.917. The molecule has 1 aromatic heterocycles. The summed E-state index contributed by atoms with van der Waals surface area (Å²) >= 11 is 0. The number of aryl methyl sites for hydroxylation is 2. The van der Waals surface area contributed by atoms with Crippen LogP contribution in [0, 0.1) is 12.7 Å². The van der Waals surface area contributed by atoms with Gasteiger partial charge in [-0.15, -0.1) is 0 Å². The summed E-state index contributed by atoms with van der Waals surface area (Å²) in [5.74, 6) is -0.207. The Balaban J connectivity index is 1.77. The summed E-state index contributed by atoms with van der Waals surface area (Å²) in [6.07, 6.45) is 1.16. The molecule has 2 heterocycles. The van der Waals surface area contributed by atoms with Crippen LogP contribution in [0.3, 0.4) is 0 Å². The SMILES string of the molecule is Cc1cc(CC(=O)O)c2cc1-c1cccc(n1)OCc1ccc(F)cc1CCCO2. The van der Waals surface area contributed by atoms with Crippen molar-refractivity contribution < 1.29 is 23.8 Å². The molecule has 1 N–H and O–H groups in total. The summed E-state index contributed by atoms with van der Waals surface area (Å²) in [5.41, 5.74) is 4.88. The van der Waals surface area contributed by atoms with Crippen molar-refractivity contribution in [1.82, 2.24) is 4.98 Å². The number of benzene rings is 2. The second kappa shape index (κ2) is 8.53. The predicted molar refractivity (Wildman–Crippen MR) is 110 cm³/mol. The number of carbonyl (C=O) groups is 1. The number of carboxylic acid groups (broad SMARTS) is 1. The van der Waals surface area contributed by atoms with E-state index in [2.05, 4.69) is 4.98 Å². The van der Waals surface area contributed by atoms with Crippen LogP contribution in [-0.4, -0.2) is 22.7 Å². The van der Waals surface area contributed by atoms with Gasteiger partial charge in [0.05, 0.1) is 18.7 Å². The van der Waals surface area contributed by atoms with Crippen LogP contribution in [0.4, 0.5) is 4.39 Å². The highest BCUT2D eigenvalue weighted by Gasteiger charge is 2.15. The molecular weight excluding hydrogens is 385 g/mol. The van der Waals surface area contributed by atoms with Crippen molar-refractivity contribution in [3.05, 3.63) is 76.6 Å². The number of aromatic nitrogens is 1. The molecule has 0 amide bonds. The average Bonchev–Trinajstić information content (AvgIpc) is 2.71. The third-order valence-electron chi connectivity index (χ3n) is 5.14. The molecule has 30 heavy (non-hydrogen) atoms. The number of ether oxygens (including phenoxy) is 2. The zero-order valence-electron chi connectivity index (χ0n) is 16.7. The maximum Gasteiger partial charge on any atom is 0.307 e. The van der Waals surface area contributed by atoms with Gasteiger partial charge in [-0.1, -0.05) is 18.2 Å². The van der Waals surface area contributed by atoms with E-state index < -0.39 is 5.97 Å². The van der Waals surface area contributed by atoms with Crippen molar-refractivity contribution in [3.8, 4) is 22.9 Å². The first-order valence-corrected chi connectivity index (χ1v) is 9.85. The number of rotatable bonds is 2. The molecule has 154 valence electrons. The van der Waals surface area contributed by atoms with Crippen LogP contribution >= 0.6 is 0 Å². The van der Waals surface area contributed by atoms with Gasteiger partial charge in [0.2, 0.25) is 5.88 Å². The van der Waals surface area contributed by atoms with E-state index in [1.807, 2.05) is 31.2 Å². The van der Waals surface area contributed by atoms with Gasteiger partial charge in [0.15, 0.2) is 0 Å². The lowest BCUT2D eigenvalue weighted by atomic mass is 9.99. The van der Waals surface area contributed by atoms with Crippen molar-refractivity contribution in [2.24, 2.45) is 0 Å². The molecular formula is C24H22FNO4. The minimum Gasteiger partial charge on any atom is -0.493 e. The Bertz CT molecular complexity index is 1100. The molecule has 6 heteroatoms. The standard InChI is InChI=1S/C24H22FNO4/c1-15-10-18(12-24(27)28)22-13-20(15)21-5-2-6-23(26-21)30-14-17-7-8-19(25)11-16(17)4-3-9-29-22/h2,5-8,10-11,13H,3-4,9,12,14H2,1H3,(H,27,28). The van der Waals surface area contributed by atoms with Gasteiger partial charge < -0.3 is 14.6 Å². The maximum absolute atomic E-state index is 13.8. The molecule has 4 rings (SSSR count). The third kappa shape index (κ3) is 4.43. The molecule has 0 radical (unpaired) electrons. The Morgan fingerprint density at radius 3 is 2.83 bits per heavy atom. The Kier molecular flexibility index (Phi) is 5.65. The third-order valence-corrected chi connectivity index (χ3v) is 5.14. The van der Waals surface area contributed by atoms with Crippen LogP contribution in [0.5, 0.6) is 11.6 Å². The smallest absolute Gasteiger partial charge is 0.307 e. The van der Waals surface area contributed by atoms with Gasteiger partial charge in [0.25, 0.3) is 0 Å². The van der Waals surface area contributed by atoms with Crippen LogP contribution in [0.1, 0.15) is 28.7 Å². The van der Waals surface area contributed by atoms with E-state index in [0.29, 0.717) is 48.9 Å². The van der Waals surface area contributed by atoms with E-state index in [1.54, 1.807) is 12.1 Å². The van der Waals surface area contributed by atoms with Crippen LogP contribution in [0.25, 0.3) is 11.3 Å². The number of hydrogen-bond acceptors (Lipinski definition) is 4. The van der Waals surface area contributed by atoms with E-state index in [9.17, 15) is 14.3 Å². The van der Waals surface area contributed by atoms with Crippen molar-refractivity contribution in [2.75, 3.05) is 6.61 Å².